The molecule has 0 saturated heterocycles. The molecule has 0 unspecified atom stereocenters. The van der Waals surface area contributed by atoms with Gasteiger partial charge in [-0.15, -0.1) is 0 Å². The average molecular weight is 522 g/mol. The Balaban J connectivity index is 2.22. The molecule has 0 aliphatic heterocycles. The van der Waals surface area contributed by atoms with Crippen molar-refractivity contribution >= 4 is 39.1 Å². The molecule has 192 valence electrons. The van der Waals surface area contributed by atoms with E-state index in [1.165, 1.54) is 15.5 Å². The maximum absolute atomic E-state index is 13.3. The highest BCUT2D eigenvalue weighted by Gasteiger charge is 2.27. The minimum atomic E-state index is -3.55. The van der Waals surface area contributed by atoms with E-state index in [1.807, 2.05) is 58.0 Å². The van der Waals surface area contributed by atoms with Gasteiger partial charge in [0.15, 0.2) is 0 Å². The fourth-order valence-corrected chi connectivity index (χ4v) is 4.98. The number of hydrogen-bond donors (Lipinski definition) is 1. The van der Waals surface area contributed by atoms with Crippen LogP contribution in [0.15, 0.2) is 42.5 Å². The summed E-state index contributed by atoms with van der Waals surface area (Å²) < 4.78 is 26.4. The SMILES string of the molecule is Cc1ccc(C)c(N(CCCC(=O)N(Cc2ccccc2Cl)[C@@H](C)C(=O)NC(C)C)S(C)(=O)=O)c1. The van der Waals surface area contributed by atoms with Crippen LogP contribution in [0.5, 0.6) is 0 Å². The molecule has 1 N–H and O–H groups in total. The predicted molar refractivity (Wildman–Crippen MR) is 142 cm³/mol. The van der Waals surface area contributed by atoms with Gasteiger partial charge in [0.2, 0.25) is 21.8 Å². The van der Waals surface area contributed by atoms with E-state index in [-0.39, 0.29) is 37.4 Å². The van der Waals surface area contributed by atoms with Crippen LogP contribution in [0.2, 0.25) is 5.02 Å². The molecule has 2 amide bonds. The van der Waals surface area contributed by atoms with E-state index in [9.17, 15) is 18.0 Å². The Morgan fingerprint density at radius 1 is 1.06 bits per heavy atom. The molecule has 0 aromatic heterocycles. The maximum Gasteiger partial charge on any atom is 0.242 e. The van der Waals surface area contributed by atoms with Gasteiger partial charge >= 0.3 is 0 Å². The summed E-state index contributed by atoms with van der Waals surface area (Å²) in [6.07, 6.45) is 1.55. The molecule has 0 saturated carbocycles. The third kappa shape index (κ3) is 8.25. The normalized spacial score (nSPS) is 12.3. The zero-order valence-electron chi connectivity index (χ0n) is 21.3. The molecule has 7 nitrogen and oxygen atoms in total. The molecule has 35 heavy (non-hydrogen) atoms. The second-order valence-corrected chi connectivity index (χ2v) is 11.5. The van der Waals surface area contributed by atoms with Gasteiger partial charge in [0.1, 0.15) is 6.04 Å². The molecule has 2 aromatic rings. The van der Waals surface area contributed by atoms with Gasteiger partial charge in [-0.25, -0.2) is 8.42 Å². The second kappa shape index (κ2) is 12.4. The maximum atomic E-state index is 13.3. The zero-order valence-corrected chi connectivity index (χ0v) is 22.9. The molecule has 0 radical (unpaired) electrons. The highest BCUT2D eigenvalue weighted by Crippen LogP contribution is 2.25. The van der Waals surface area contributed by atoms with Crippen molar-refractivity contribution in [3.8, 4) is 0 Å². The second-order valence-electron chi connectivity index (χ2n) is 9.18. The highest BCUT2D eigenvalue weighted by molar-refractivity contribution is 7.92. The number of benzene rings is 2. The van der Waals surface area contributed by atoms with Gasteiger partial charge in [-0.2, -0.15) is 0 Å². The number of amides is 2. The van der Waals surface area contributed by atoms with Crippen molar-refractivity contribution in [2.45, 2.75) is 66.1 Å². The molecule has 2 aromatic carbocycles. The van der Waals surface area contributed by atoms with Crippen LogP contribution in [0.4, 0.5) is 5.69 Å². The van der Waals surface area contributed by atoms with Crippen LogP contribution in [0.25, 0.3) is 0 Å². The fraction of sp³-hybridized carbons (Fsp3) is 0.462. The molecule has 0 bridgehead atoms. The molecular formula is C26H36ClN3O4S. The van der Waals surface area contributed by atoms with Crippen molar-refractivity contribution in [3.05, 3.63) is 64.2 Å². The molecule has 0 heterocycles. The Kier molecular flexibility index (Phi) is 10.2. The number of aryl methyl sites for hydroxylation is 2. The van der Waals surface area contributed by atoms with E-state index in [4.69, 9.17) is 11.6 Å². The molecule has 0 spiro atoms. The summed E-state index contributed by atoms with van der Waals surface area (Å²) in [4.78, 5) is 27.5. The smallest absolute Gasteiger partial charge is 0.242 e. The number of carbonyl (C=O) groups excluding carboxylic acids is 2. The van der Waals surface area contributed by atoms with Gasteiger partial charge in [0.05, 0.1) is 11.9 Å². The van der Waals surface area contributed by atoms with E-state index < -0.39 is 16.1 Å². The van der Waals surface area contributed by atoms with Crippen LogP contribution in [-0.4, -0.2) is 50.0 Å². The van der Waals surface area contributed by atoms with Crippen molar-refractivity contribution in [3.63, 3.8) is 0 Å². The quantitative estimate of drug-likeness (QED) is 0.473. The lowest BCUT2D eigenvalue weighted by molar-refractivity contribution is -0.140. The summed E-state index contributed by atoms with van der Waals surface area (Å²) in [7, 11) is -3.55. The van der Waals surface area contributed by atoms with Crippen molar-refractivity contribution in [1.82, 2.24) is 10.2 Å². The first-order chi connectivity index (χ1) is 16.3. The number of nitrogens with zero attached hydrogens (tertiary/aromatic N) is 2. The summed E-state index contributed by atoms with van der Waals surface area (Å²) in [5, 5.41) is 3.37. The van der Waals surface area contributed by atoms with Crippen LogP contribution in [-0.2, 0) is 26.2 Å². The largest absolute Gasteiger partial charge is 0.352 e. The number of halogens is 1. The van der Waals surface area contributed by atoms with E-state index in [0.29, 0.717) is 17.1 Å². The number of hydrogen-bond acceptors (Lipinski definition) is 4. The predicted octanol–water partition coefficient (Wildman–Crippen LogP) is 4.44. The highest BCUT2D eigenvalue weighted by atomic mass is 35.5. The molecule has 0 aliphatic rings. The summed E-state index contributed by atoms with van der Waals surface area (Å²) in [6, 6.07) is 12.1. The van der Waals surface area contributed by atoms with Crippen LogP contribution in [0.1, 0.15) is 50.3 Å². The standard InChI is InChI=1S/C26H36ClN3O4S/c1-18(2)28-26(32)21(5)29(17-22-10-7-8-11-23(22)27)25(31)12-9-15-30(35(6,33)34)24-16-19(3)13-14-20(24)4/h7-8,10-11,13-14,16,18,21H,9,12,15,17H2,1-6H3,(H,28,32)/t21-/m0/s1. The summed E-state index contributed by atoms with van der Waals surface area (Å²) in [6.45, 7) is 9.50. The molecule has 0 fully saturated rings. The third-order valence-electron chi connectivity index (χ3n) is 5.68. The van der Waals surface area contributed by atoms with Gasteiger partial charge in [-0.1, -0.05) is 41.9 Å². The van der Waals surface area contributed by atoms with Crippen molar-refractivity contribution in [1.29, 1.82) is 0 Å². The number of rotatable bonds is 11. The van der Waals surface area contributed by atoms with Crippen LogP contribution >= 0.6 is 11.6 Å². The first-order valence-electron chi connectivity index (χ1n) is 11.7. The Morgan fingerprint density at radius 2 is 1.71 bits per heavy atom. The van der Waals surface area contributed by atoms with E-state index >= 15 is 0 Å². The molecule has 2 rings (SSSR count). The van der Waals surface area contributed by atoms with Gasteiger partial charge in [0.25, 0.3) is 0 Å². The topological polar surface area (TPSA) is 86.8 Å². The minimum absolute atomic E-state index is 0.0666. The van der Waals surface area contributed by atoms with Crippen LogP contribution < -0.4 is 9.62 Å². The van der Waals surface area contributed by atoms with Crippen LogP contribution in [0.3, 0.4) is 0 Å². The van der Waals surface area contributed by atoms with E-state index in [1.54, 1.807) is 19.1 Å². The van der Waals surface area contributed by atoms with Gasteiger partial charge in [0, 0.05) is 30.6 Å². The fourth-order valence-electron chi connectivity index (χ4n) is 3.77. The minimum Gasteiger partial charge on any atom is -0.352 e. The molecule has 9 heteroatoms. The van der Waals surface area contributed by atoms with Crippen molar-refractivity contribution in [2.75, 3.05) is 17.1 Å². The van der Waals surface area contributed by atoms with Gasteiger partial charge in [-0.05, 0) is 69.9 Å². The lowest BCUT2D eigenvalue weighted by atomic mass is 10.1. The lowest BCUT2D eigenvalue weighted by Crippen LogP contribution is -2.49. The Labute approximate surface area is 214 Å². The molecule has 1 atom stereocenters. The summed E-state index contributed by atoms with van der Waals surface area (Å²) >= 11 is 6.32. The Bertz CT molecular complexity index is 1150. The van der Waals surface area contributed by atoms with Gasteiger partial charge < -0.3 is 10.2 Å². The lowest BCUT2D eigenvalue weighted by Gasteiger charge is -2.30. The Morgan fingerprint density at radius 3 is 2.31 bits per heavy atom. The van der Waals surface area contributed by atoms with Crippen molar-refractivity contribution < 1.29 is 18.0 Å². The van der Waals surface area contributed by atoms with Crippen LogP contribution in [0, 0.1) is 13.8 Å². The zero-order chi connectivity index (χ0) is 26.3. The first-order valence-corrected chi connectivity index (χ1v) is 13.9. The van der Waals surface area contributed by atoms with E-state index in [0.717, 1.165) is 16.7 Å². The third-order valence-corrected chi connectivity index (χ3v) is 7.23. The molecular weight excluding hydrogens is 486 g/mol. The van der Waals surface area contributed by atoms with Crippen molar-refractivity contribution in [2.24, 2.45) is 0 Å². The van der Waals surface area contributed by atoms with Gasteiger partial charge in [-0.3, -0.25) is 13.9 Å². The summed E-state index contributed by atoms with van der Waals surface area (Å²) in [5.41, 5.74) is 3.13. The average Bonchev–Trinajstić information content (AvgIpc) is 2.76. The Hall–Kier alpha value is -2.58. The van der Waals surface area contributed by atoms with E-state index in [2.05, 4.69) is 5.32 Å². The monoisotopic (exact) mass is 521 g/mol. The number of nitrogens with one attached hydrogen (secondary N) is 1. The number of carbonyl (C=O) groups is 2. The number of sulfonamides is 1. The molecule has 0 aliphatic carbocycles. The first kappa shape index (κ1) is 28.7. The summed E-state index contributed by atoms with van der Waals surface area (Å²) in [5.74, 6) is -0.501. The number of anilines is 1.